The number of carbonyl (C=O) groups excluding carboxylic acids is 1. The Balaban J connectivity index is 1.75. The minimum atomic E-state index is -0.0145. The number of rotatable bonds is 2. The summed E-state index contributed by atoms with van der Waals surface area (Å²) in [7, 11) is 0. The quantitative estimate of drug-likeness (QED) is 0.912. The lowest BCUT2D eigenvalue weighted by molar-refractivity contribution is -0.118. The predicted octanol–water partition coefficient (Wildman–Crippen LogP) is 3.28. The fourth-order valence-corrected chi connectivity index (χ4v) is 3.98. The highest BCUT2D eigenvalue weighted by molar-refractivity contribution is 7.16. The lowest BCUT2D eigenvalue weighted by Crippen LogP contribution is -2.18. The first-order valence-electron chi connectivity index (χ1n) is 7.29. The molecule has 0 aromatic carbocycles. The SMILES string of the molecule is CC(C)(C)c1cc(C#N)c(NC(=O)C2CC23CCOC3)s1. The van der Waals surface area contributed by atoms with E-state index in [-0.39, 0.29) is 22.7 Å². The molecule has 21 heavy (non-hydrogen) atoms. The van der Waals surface area contributed by atoms with E-state index in [2.05, 4.69) is 32.2 Å². The summed E-state index contributed by atoms with van der Waals surface area (Å²) >= 11 is 1.51. The van der Waals surface area contributed by atoms with E-state index < -0.39 is 0 Å². The van der Waals surface area contributed by atoms with Crippen molar-refractivity contribution in [2.45, 2.75) is 39.0 Å². The molecule has 2 fully saturated rings. The molecule has 1 aromatic rings. The molecule has 1 saturated heterocycles. The number of nitrogens with zero attached hydrogens (tertiary/aromatic N) is 1. The van der Waals surface area contributed by atoms with E-state index in [1.807, 2.05) is 6.07 Å². The van der Waals surface area contributed by atoms with Gasteiger partial charge in [0.05, 0.1) is 12.2 Å². The zero-order valence-electron chi connectivity index (χ0n) is 12.7. The van der Waals surface area contributed by atoms with Gasteiger partial charge in [0.1, 0.15) is 11.1 Å². The molecule has 1 amide bonds. The summed E-state index contributed by atoms with van der Waals surface area (Å²) in [5.41, 5.74) is 0.635. The van der Waals surface area contributed by atoms with E-state index in [0.29, 0.717) is 17.2 Å². The third-order valence-corrected chi connectivity index (χ3v) is 5.94. The van der Waals surface area contributed by atoms with Gasteiger partial charge in [-0.1, -0.05) is 20.8 Å². The summed E-state index contributed by atoms with van der Waals surface area (Å²) in [6.07, 6.45) is 1.89. The van der Waals surface area contributed by atoms with Crippen LogP contribution in [0.3, 0.4) is 0 Å². The minimum absolute atomic E-state index is 0.0145. The zero-order valence-corrected chi connectivity index (χ0v) is 13.5. The molecule has 5 heteroatoms. The molecule has 112 valence electrons. The van der Waals surface area contributed by atoms with E-state index in [1.165, 1.54) is 11.3 Å². The number of thiophene rings is 1. The Morgan fingerprint density at radius 2 is 2.33 bits per heavy atom. The van der Waals surface area contributed by atoms with Crippen LogP contribution in [0.2, 0.25) is 0 Å². The van der Waals surface area contributed by atoms with Gasteiger partial charge < -0.3 is 10.1 Å². The maximum Gasteiger partial charge on any atom is 0.228 e. The number of hydrogen-bond donors (Lipinski definition) is 1. The number of nitrogens with one attached hydrogen (secondary N) is 1. The molecule has 2 unspecified atom stereocenters. The van der Waals surface area contributed by atoms with Gasteiger partial charge in [0.2, 0.25) is 5.91 Å². The fraction of sp³-hybridized carbons (Fsp3) is 0.625. The number of carbonyl (C=O) groups is 1. The van der Waals surface area contributed by atoms with Crippen LogP contribution in [0.15, 0.2) is 6.07 Å². The molecular weight excluding hydrogens is 284 g/mol. The van der Waals surface area contributed by atoms with Crippen LogP contribution in [0, 0.1) is 22.7 Å². The maximum absolute atomic E-state index is 12.4. The number of nitriles is 1. The van der Waals surface area contributed by atoms with Crippen molar-refractivity contribution in [3.05, 3.63) is 16.5 Å². The molecule has 1 N–H and O–H groups in total. The second-order valence-corrected chi connectivity index (χ2v) is 8.18. The van der Waals surface area contributed by atoms with E-state index in [0.717, 1.165) is 24.3 Å². The van der Waals surface area contributed by atoms with Crippen LogP contribution in [0.1, 0.15) is 44.1 Å². The largest absolute Gasteiger partial charge is 0.381 e. The highest BCUT2D eigenvalue weighted by Gasteiger charge is 2.59. The molecule has 1 saturated carbocycles. The van der Waals surface area contributed by atoms with Crippen molar-refractivity contribution in [1.29, 1.82) is 5.26 Å². The summed E-state index contributed by atoms with van der Waals surface area (Å²) in [6, 6.07) is 4.08. The Labute approximate surface area is 129 Å². The first-order chi connectivity index (χ1) is 9.86. The monoisotopic (exact) mass is 304 g/mol. The lowest BCUT2D eigenvalue weighted by Gasteiger charge is -2.15. The van der Waals surface area contributed by atoms with Gasteiger partial charge in [0, 0.05) is 22.8 Å². The van der Waals surface area contributed by atoms with E-state index in [1.54, 1.807) is 0 Å². The topological polar surface area (TPSA) is 62.1 Å². The third kappa shape index (κ3) is 2.58. The summed E-state index contributed by atoms with van der Waals surface area (Å²) in [5, 5.41) is 12.9. The van der Waals surface area contributed by atoms with Crippen molar-refractivity contribution in [3.8, 4) is 6.07 Å². The molecule has 1 aromatic heterocycles. The Kier molecular flexibility index (Phi) is 3.34. The van der Waals surface area contributed by atoms with Crippen LogP contribution in [0.4, 0.5) is 5.00 Å². The molecule has 3 rings (SSSR count). The number of hydrogen-bond acceptors (Lipinski definition) is 4. The molecule has 2 atom stereocenters. The predicted molar refractivity (Wildman–Crippen MR) is 82.3 cm³/mol. The zero-order chi connectivity index (χ0) is 15.3. The van der Waals surface area contributed by atoms with Crippen molar-refractivity contribution in [2.24, 2.45) is 11.3 Å². The standard InChI is InChI=1S/C16H20N2O2S/c1-15(2,3)12-6-10(8-17)14(21-12)18-13(19)11-7-16(11)4-5-20-9-16/h6,11H,4-5,7,9H2,1-3H3,(H,18,19). The smallest absolute Gasteiger partial charge is 0.228 e. The molecule has 1 aliphatic heterocycles. The van der Waals surface area contributed by atoms with Crippen molar-refractivity contribution in [3.63, 3.8) is 0 Å². The van der Waals surface area contributed by atoms with Gasteiger partial charge in [-0.05, 0) is 24.3 Å². The van der Waals surface area contributed by atoms with Crippen LogP contribution < -0.4 is 5.32 Å². The average molecular weight is 304 g/mol. The molecular formula is C16H20N2O2S. The second-order valence-electron chi connectivity index (χ2n) is 7.13. The molecule has 0 bridgehead atoms. The highest BCUT2D eigenvalue weighted by Crippen LogP contribution is 2.58. The van der Waals surface area contributed by atoms with Crippen LogP contribution in [0.5, 0.6) is 0 Å². The second kappa shape index (κ2) is 4.82. The van der Waals surface area contributed by atoms with Gasteiger partial charge in [-0.2, -0.15) is 5.26 Å². The normalized spacial score (nSPS) is 27.6. The Morgan fingerprint density at radius 1 is 1.57 bits per heavy atom. The van der Waals surface area contributed by atoms with Gasteiger partial charge in [-0.3, -0.25) is 4.79 Å². The van der Waals surface area contributed by atoms with Gasteiger partial charge in [-0.25, -0.2) is 0 Å². The number of anilines is 1. The summed E-state index contributed by atoms with van der Waals surface area (Å²) in [6.45, 7) is 7.79. The van der Waals surface area contributed by atoms with Crippen LogP contribution in [0.25, 0.3) is 0 Å². The van der Waals surface area contributed by atoms with Crippen molar-refractivity contribution in [1.82, 2.24) is 0 Å². The van der Waals surface area contributed by atoms with Crippen molar-refractivity contribution < 1.29 is 9.53 Å². The molecule has 0 radical (unpaired) electrons. The maximum atomic E-state index is 12.4. The Bertz CT molecular complexity index is 615. The Hall–Kier alpha value is -1.38. The highest BCUT2D eigenvalue weighted by atomic mass is 32.1. The van der Waals surface area contributed by atoms with Crippen molar-refractivity contribution >= 4 is 22.2 Å². The molecule has 2 heterocycles. The molecule has 2 aliphatic rings. The fourth-order valence-electron chi connectivity index (χ4n) is 2.91. The third-order valence-electron chi connectivity index (χ3n) is 4.47. The van der Waals surface area contributed by atoms with E-state index in [9.17, 15) is 10.1 Å². The molecule has 1 aliphatic carbocycles. The minimum Gasteiger partial charge on any atom is -0.381 e. The van der Waals surface area contributed by atoms with Gasteiger partial charge in [0.25, 0.3) is 0 Å². The van der Waals surface area contributed by atoms with Crippen LogP contribution in [-0.4, -0.2) is 19.1 Å². The first kappa shape index (κ1) is 14.6. The van der Waals surface area contributed by atoms with E-state index >= 15 is 0 Å². The number of ether oxygens (including phenoxy) is 1. The van der Waals surface area contributed by atoms with Gasteiger partial charge in [-0.15, -0.1) is 11.3 Å². The number of amides is 1. The summed E-state index contributed by atoms with van der Waals surface area (Å²) in [4.78, 5) is 13.5. The van der Waals surface area contributed by atoms with Crippen molar-refractivity contribution in [2.75, 3.05) is 18.5 Å². The summed E-state index contributed by atoms with van der Waals surface area (Å²) < 4.78 is 5.42. The average Bonchev–Trinajstić information content (AvgIpc) is 2.73. The van der Waals surface area contributed by atoms with E-state index in [4.69, 9.17) is 4.74 Å². The van der Waals surface area contributed by atoms with Gasteiger partial charge in [0.15, 0.2) is 0 Å². The molecule has 4 nitrogen and oxygen atoms in total. The molecule has 1 spiro atoms. The van der Waals surface area contributed by atoms with Gasteiger partial charge >= 0.3 is 0 Å². The summed E-state index contributed by atoms with van der Waals surface area (Å²) in [5.74, 6) is 0.0889. The Morgan fingerprint density at radius 3 is 2.90 bits per heavy atom. The van der Waals surface area contributed by atoms with Crippen LogP contribution >= 0.6 is 11.3 Å². The first-order valence-corrected chi connectivity index (χ1v) is 8.10. The van der Waals surface area contributed by atoms with Crippen LogP contribution in [-0.2, 0) is 14.9 Å². The lowest BCUT2D eigenvalue weighted by atomic mass is 9.94.